The number of nitrogens with zero attached hydrogens (tertiary/aromatic N) is 2. The van der Waals surface area contributed by atoms with Crippen LogP contribution in [0.2, 0.25) is 0 Å². The number of esters is 1. The fraction of sp³-hybridized carbons (Fsp3) is 0.556. The number of urea groups is 1. The fourth-order valence-corrected chi connectivity index (χ4v) is 0.841. The smallest absolute Gasteiger partial charge is 0.356 e. The topological polar surface area (TPSA) is 94.1 Å². The van der Waals surface area contributed by atoms with E-state index >= 15 is 0 Å². The average Bonchev–Trinajstić information content (AvgIpc) is 2.15. The molecule has 0 radical (unpaired) electrons. The monoisotopic (exact) mass is 213 g/mol. The quantitative estimate of drug-likeness (QED) is 0.428. The van der Waals surface area contributed by atoms with E-state index in [1.165, 1.54) is 6.08 Å². The number of carbonyl (C=O) groups is 2. The highest BCUT2D eigenvalue weighted by Gasteiger charge is 2.01. The minimum absolute atomic E-state index is 0.293. The molecular weight excluding hydrogens is 198 g/mol. The molecule has 0 spiro atoms. The van der Waals surface area contributed by atoms with E-state index in [-0.39, 0.29) is 0 Å². The zero-order valence-electron chi connectivity index (χ0n) is 8.90. The molecule has 0 aliphatic heterocycles. The van der Waals surface area contributed by atoms with Crippen molar-refractivity contribution in [2.24, 2.45) is 16.0 Å². The van der Waals surface area contributed by atoms with Crippen LogP contribution in [-0.2, 0) is 9.53 Å². The number of primary amides is 1. The minimum Gasteiger partial charge on any atom is -0.463 e. The number of carbonyl (C=O) groups excluding carboxylic acids is 2. The summed E-state index contributed by atoms with van der Waals surface area (Å²) in [5.74, 6) is -0.496. The number of allylic oxidation sites excluding steroid dienone is 1. The second-order valence-corrected chi connectivity index (χ2v) is 2.68. The molecule has 0 rings (SSSR count). The number of amides is 2. The van der Waals surface area contributed by atoms with Crippen LogP contribution in [0.15, 0.2) is 22.0 Å². The lowest BCUT2D eigenvalue weighted by molar-refractivity contribution is -0.137. The Labute approximate surface area is 88.2 Å². The van der Waals surface area contributed by atoms with Crippen LogP contribution < -0.4 is 5.73 Å². The van der Waals surface area contributed by atoms with Crippen LogP contribution >= 0.6 is 0 Å². The molecule has 2 amide bonds. The lowest BCUT2D eigenvalue weighted by atomic mass is 10.2. The molecule has 2 N–H and O–H groups in total. The molecule has 0 aromatic rings. The third-order valence-corrected chi connectivity index (χ3v) is 1.35. The third kappa shape index (κ3) is 7.36. The van der Waals surface area contributed by atoms with Crippen molar-refractivity contribution < 1.29 is 14.3 Å². The van der Waals surface area contributed by atoms with Gasteiger partial charge in [-0.2, -0.15) is 5.11 Å². The molecule has 0 aliphatic rings. The van der Waals surface area contributed by atoms with Crippen LogP contribution in [0.4, 0.5) is 4.79 Å². The highest BCUT2D eigenvalue weighted by Crippen LogP contribution is 2.07. The van der Waals surface area contributed by atoms with Crippen LogP contribution in [0.5, 0.6) is 0 Å². The Kier molecular flexibility index (Phi) is 6.78. The molecule has 84 valence electrons. The van der Waals surface area contributed by atoms with Gasteiger partial charge in [0.15, 0.2) is 0 Å². The van der Waals surface area contributed by atoms with Gasteiger partial charge in [0, 0.05) is 6.08 Å². The maximum atomic E-state index is 11.1. The summed E-state index contributed by atoms with van der Waals surface area (Å²) in [6, 6.07) is -0.888. The second kappa shape index (κ2) is 7.66. The number of nitrogens with two attached hydrogens (primary N) is 1. The Morgan fingerprint density at radius 1 is 1.33 bits per heavy atom. The van der Waals surface area contributed by atoms with Crippen molar-refractivity contribution in [3.05, 3.63) is 11.8 Å². The molecular formula is C9H15N3O3. The Hall–Kier alpha value is -1.72. The van der Waals surface area contributed by atoms with Gasteiger partial charge >= 0.3 is 12.0 Å². The Morgan fingerprint density at radius 2 is 2.00 bits per heavy atom. The standard InChI is InChI=1S/C9H15N3O3/c1-3-5-7(11-12-9(10)14)6-8(13)15-4-2/h6H,3-5H2,1-2H3,(H2,10,14)/b7-6+,12-11?. The highest BCUT2D eigenvalue weighted by atomic mass is 16.5. The molecule has 0 atom stereocenters. The molecule has 0 aromatic heterocycles. The van der Waals surface area contributed by atoms with Gasteiger partial charge in [-0.15, -0.1) is 0 Å². The number of azo groups is 1. The Morgan fingerprint density at radius 3 is 2.47 bits per heavy atom. The van der Waals surface area contributed by atoms with Gasteiger partial charge in [-0.25, -0.2) is 9.59 Å². The predicted molar refractivity (Wildman–Crippen MR) is 54.1 cm³/mol. The van der Waals surface area contributed by atoms with Gasteiger partial charge < -0.3 is 10.5 Å². The first-order valence-electron chi connectivity index (χ1n) is 4.68. The van der Waals surface area contributed by atoms with Crippen LogP contribution in [0.3, 0.4) is 0 Å². The molecule has 0 aromatic carbocycles. The maximum absolute atomic E-state index is 11.1. The van der Waals surface area contributed by atoms with E-state index < -0.39 is 12.0 Å². The molecule has 15 heavy (non-hydrogen) atoms. The van der Waals surface area contributed by atoms with Gasteiger partial charge in [-0.05, 0) is 13.3 Å². The molecule has 6 nitrogen and oxygen atoms in total. The van der Waals surface area contributed by atoms with Gasteiger partial charge in [0.25, 0.3) is 0 Å². The summed E-state index contributed by atoms with van der Waals surface area (Å²) in [5, 5.41) is 6.69. The van der Waals surface area contributed by atoms with Gasteiger partial charge in [0.2, 0.25) is 0 Å². The van der Waals surface area contributed by atoms with Crippen LogP contribution in [0.1, 0.15) is 26.7 Å². The van der Waals surface area contributed by atoms with Crippen molar-refractivity contribution >= 4 is 12.0 Å². The number of hydrogen-bond acceptors (Lipinski definition) is 4. The largest absolute Gasteiger partial charge is 0.463 e. The molecule has 0 aliphatic carbocycles. The van der Waals surface area contributed by atoms with E-state index in [1.54, 1.807) is 6.92 Å². The average molecular weight is 213 g/mol. The predicted octanol–water partition coefficient (Wildman–Crippen LogP) is 1.76. The SMILES string of the molecule is CCC/C(=C\C(=O)OCC)N=NC(N)=O. The van der Waals surface area contributed by atoms with E-state index in [2.05, 4.69) is 10.2 Å². The van der Waals surface area contributed by atoms with Crippen molar-refractivity contribution in [2.45, 2.75) is 26.7 Å². The van der Waals surface area contributed by atoms with Crippen LogP contribution in [-0.4, -0.2) is 18.6 Å². The fourth-order valence-electron chi connectivity index (χ4n) is 0.841. The lowest BCUT2D eigenvalue weighted by Gasteiger charge is -1.98. The summed E-state index contributed by atoms with van der Waals surface area (Å²) in [4.78, 5) is 21.4. The summed E-state index contributed by atoms with van der Waals surface area (Å²) < 4.78 is 4.69. The van der Waals surface area contributed by atoms with E-state index in [0.29, 0.717) is 18.7 Å². The molecule has 0 unspecified atom stereocenters. The number of rotatable bonds is 5. The van der Waals surface area contributed by atoms with Crippen molar-refractivity contribution in [2.75, 3.05) is 6.61 Å². The normalized spacial score (nSPS) is 11.7. The Bertz CT molecular complexity index is 284. The summed E-state index contributed by atoms with van der Waals surface area (Å²) in [6.45, 7) is 3.91. The van der Waals surface area contributed by atoms with Gasteiger partial charge in [-0.1, -0.05) is 18.5 Å². The molecule has 0 saturated heterocycles. The van der Waals surface area contributed by atoms with E-state index in [0.717, 1.165) is 6.42 Å². The third-order valence-electron chi connectivity index (χ3n) is 1.35. The van der Waals surface area contributed by atoms with Crippen LogP contribution in [0, 0.1) is 0 Å². The molecule has 0 fully saturated rings. The van der Waals surface area contributed by atoms with Crippen molar-refractivity contribution in [1.29, 1.82) is 0 Å². The molecule has 6 heteroatoms. The van der Waals surface area contributed by atoms with E-state index in [4.69, 9.17) is 10.5 Å². The first-order chi connectivity index (χ1) is 7.10. The van der Waals surface area contributed by atoms with Gasteiger partial charge in [0.05, 0.1) is 12.3 Å². The van der Waals surface area contributed by atoms with E-state index in [9.17, 15) is 9.59 Å². The maximum Gasteiger partial charge on any atom is 0.356 e. The second-order valence-electron chi connectivity index (χ2n) is 2.68. The molecule has 0 saturated carbocycles. The summed E-state index contributed by atoms with van der Waals surface area (Å²) in [6.07, 6.45) is 2.53. The van der Waals surface area contributed by atoms with E-state index in [1.807, 2.05) is 6.92 Å². The minimum atomic E-state index is -0.888. The van der Waals surface area contributed by atoms with Crippen LogP contribution in [0.25, 0.3) is 0 Å². The summed E-state index contributed by atoms with van der Waals surface area (Å²) in [5.41, 5.74) is 5.17. The first-order valence-corrected chi connectivity index (χ1v) is 4.68. The Balaban J connectivity index is 4.49. The molecule has 0 heterocycles. The van der Waals surface area contributed by atoms with Gasteiger partial charge in [0.1, 0.15) is 0 Å². The highest BCUT2D eigenvalue weighted by molar-refractivity contribution is 5.82. The lowest BCUT2D eigenvalue weighted by Crippen LogP contribution is -2.03. The zero-order chi connectivity index (χ0) is 11.7. The summed E-state index contributed by atoms with van der Waals surface area (Å²) in [7, 11) is 0. The van der Waals surface area contributed by atoms with Crippen molar-refractivity contribution in [1.82, 2.24) is 0 Å². The van der Waals surface area contributed by atoms with Crippen molar-refractivity contribution in [3.63, 3.8) is 0 Å². The molecule has 0 bridgehead atoms. The number of hydrogen-bond donors (Lipinski definition) is 1. The zero-order valence-corrected chi connectivity index (χ0v) is 8.90. The number of ether oxygens (including phenoxy) is 1. The van der Waals surface area contributed by atoms with Gasteiger partial charge in [-0.3, -0.25) is 0 Å². The summed E-state index contributed by atoms with van der Waals surface area (Å²) >= 11 is 0. The van der Waals surface area contributed by atoms with Crippen molar-refractivity contribution in [3.8, 4) is 0 Å². The first kappa shape index (κ1) is 13.3.